The number of esters is 3. The van der Waals surface area contributed by atoms with Crippen LogP contribution in [0.2, 0.25) is 0 Å². The van der Waals surface area contributed by atoms with Gasteiger partial charge in [0.25, 0.3) is 0 Å². The molecule has 0 bridgehead atoms. The maximum Gasteiger partial charge on any atom is 0.306 e. The predicted molar refractivity (Wildman–Crippen MR) is 344 cm³/mol. The van der Waals surface area contributed by atoms with Gasteiger partial charge in [0.1, 0.15) is 13.2 Å². The second-order valence-corrected chi connectivity index (χ2v) is 22.7. The van der Waals surface area contributed by atoms with Gasteiger partial charge >= 0.3 is 17.9 Å². The van der Waals surface area contributed by atoms with E-state index in [2.05, 4.69) is 106 Å². The lowest BCUT2D eigenvalue weighted by Gasteiger charge is -2.18. The van der Waals surface area contributed by atoms with Gasteiger partial charge < -0.3 is 14.2 Å². The maximum absolute atomic E-state index is 12.9. The van der Waals surface area contributed by atoms with Crippen molar-refractivity contribution in [3.63, 3.8) is 0 Å². The molecule has 1 atom stereocenters. The summed E-state index contributed by atoms with van der Waals surface area (Å²) in [7, 11) is 0. The van der Waals surface area contributed by atoms with Crippen LogP contribution in [0.5, 0.6) is 0 Å². The third-order valence-corrected chi connectivity index (χ3v) is 14.9. The van der Waals surface area contributed by atoms with E-state index in [1.165, 1.54) is 199 Å². The number of hydrogen-bond acceptors (Lipinski definition) is 6. The highest BCUT2D eigenvalue weighted by Gasteiger charge is 2.19. The molecule has 0 heterocycles. The summed E-state index contributed by atoms with van der Waals surface area (Å²) >= 11 is 0. The Balaban J connectivity index is 4.06. The Labute approximate surface area is 490 Å². The van der Waals surface area contributed by atoms with Gasteiger partial charge in [-0.15, -0.1) is 0 Å². The van der Waals surface area contributed by atoms with E-state index in [9.17, 15) is 14.4 Å². The molecule has 6 heteroatoms. The Morgan fingerprint density at radius 2 is 0.494 bits per heavy atom. The number of ether oxygens (including phenoxy) is 3. The van der Waals surface area contributed by atoms with Crippen molar-refractivity contribution in [3.05, 3.63) is 85.1 Å². The van der Waals surface area contributed by atoms with Crippen LogP contribution in [0.4, 0.5) is 0 Å². The average Bonchev–Trinajstić information content (AvgIpc) is 3.45. The van der Waals surface area contributed by atoms with Gasteiger partial charge in [0.15, 0.2) is 6.10 Å². The molecule has 0 aromatic heterocycles. The fourth-order valence-corrected chi connectivity index (χ4v) is 9.80. The van der Waals surface area contributed by atoms with Gasteiger partial charge in [-0.05, 0) is 96.3 Å². The van der Waals surface area contributed by atoms with E-state index in [0.29, 0.717) is 19.3 Å². The van der Waals surface area contributed by atoms with Crippen molar-refractivity contribution >= 4 is 17.9 Å². The fraction of sp³-hybridized carbons (Fsp3) is 0.767. The van der Waals surface area contributed by atoms with Crippen molar-refractivity contribution in [2.75, 3.05) is 13.2 Å². The topological polar surface area (TPSA) is 78.9 Å². The summed E-state index contributed by atoms with van der Waals surface area (Å²) in [4.78, 5) is 38.1. The Kier molecular flexibility index (Phi) is 64.2. The second kappa shape index (κ2) is 67.1. The average molecular weight is 1100 g/mol. The summed E-state index contributed by atoms with van der Waals surface area (Å²) < 4.78 is 16.9. The minimum atomic E-state index is -0.777. The van der Waals surface area contributed by atoms with Crippen molar-refractivity contribution in [1.82, 2.24) is 0 Å². The molecule has 0 saturated heterocycles. The molecular formula is C73H128O6. The first-order valence-electron chi connectivity index (χ1n) is 34.1. The van der Waals surface area contributed by atoms with E-state index in [4.69, 9.17) is 14.2 Å². The van der Waals surface area contributed by atoms with E-state index in [-0.39, 0.29) is 31.1 Å². The monoisotopic (exact) mass is 1100 g/mol. The molecule has 0 rings (SSSR count). The normalized spacial score (nSPS) is 12.6. The highest BCUT2D eigenvalue weighted by molar-refractivity contribution is 5.71. The van der Waals surface area contributed by atoms with Gasteiger partial charge in [-0.25, -0.2) is 0 Å². The van der Waals surface area contributed by atoms with Crippen LogP contribution >= 0.6 is 0 Å². The van der Waals surface area contributed by atoms with Crippen LogP contribution in [-0.4, -0.2) is 37.2 Å². The Bertz CT molecular complexity index is 1500. The van der Waals surface area contributed by atoms with Crippen molar-refractivity contribution < 1.29 is 28.6 Å². The maximum atomic E-state index is 12.9. The zero-order valence-corrected chi connectivity index (χ0v) is 52.4. The molecule has 0 aliphatic rings. The molecule has 1 unspecified atom stereocenters. The molecule has 0 saturated carbocycles. The van der Waals surface area contributed by atoms with E-state index in [1.807, 2.05) is 0 Å². The van der Waals surface area contributed by atoms with Crippen LogP contribution in [0, 0.1) is 0 Å². The smallest absolute Gasteiger partial charge is 0.306 e. The van der Waals surface area contributed by atoms with E-state index >= 15 is 0 Å². The molecule has 0 amide bonds. The molecule has 0 spiro atoms. The van der Waals surface area contributed by atoms with Crippen molar-refractivity contribution in [1.29, 1.82) is 0 Å². The number of rotatable bonds is 62. The molecule has 79 heavy (non-hydrogen) atoms. The third kappa shape index (κ3) is 65.3. The van der Waals surface area contributed by atoms with Crippen LogP contribution in [0.15, 0.2) is 85.1 Å². The van der Waals surface area contributed by atoms with Crippen LogP contribution in [-0.2, 0) is 28.6 Å². The molecule has 456 valence electrons. The Morgan fingerprint density at radius 3 is 0.772 bits per heavy atom. The second-order valence-electron chi connectivity index (χ2n) is 22.7. The number of allylic oxidation sites excluding steroid dienone is 14. The number of unbranched alkanes of at least 4 members (excludes halogenated alkanes) is 37. The fourth-order valence-electron chi connectivity index (χ4n) is 9.80. The summed E-state index contributed by atoms with van der Waals surface area (Å²) in [6.45, 7) is 6.50. The summed E-state index contributed by atoms with van der Waals surface area (Å²) in [6, 6.07) is 0. The standard InChI is InChI=1S/C73H128O6/c1-4-7-10-13-16-18-20-22-24-26-28-30-32-33-34-35-36-37-38-39-41-42-44-46-48-50-52-54-57-60-63-66-72(75)78-69-70(68-77-71(74)65-62-59-56-15-12-9-6-3)79-73(76)67-64-61-58-55-53-51-49-47-45-43-40-31-29-27-25-23-21-19-17-14-11-8-5-2/h7,10,16,18,21-24,27-30,40,43,70H,4-6,8-9,11-15,17,19-20,25-26,31-39,41-42,44-69H2,1-3H3/b10-7-,18-16-,23-21-,24-22-,29-27-,30-28-,43-40-. The van der Waals surface area contributed by atoms with Crippen LogP contribution < -0.4 is 0 Å². The molecule has 0 fully saturated rings. The zero-order valence-electron chi connectivity index (χ0n) is 52.4. The largest absolute Gasteiger partial charge is 0.462 e. The minimum absolute atomic E-state index is 0.0754. The lowest BCUT2D eigenvalue weighted by Crippen LogP contribution is -2.30. The highest BCUT2D eigenvalue weighted by atomic mass is 16.6. The molecule has 0 aromatic rings. The molecule has 6 nitrogen and oxygen atoms in total. The molecular weight excluding hydrogens is 973 g/mol. The Hall–Kier alpha value is -3.41. The van der Waals surface area contributed by atoms with Gasteiger partial charge in [0.2, 0.25) is 0 Å². The summed E-state index contributed by atoms with van der Waals surface area (Å²) in [5.74, 6) is -0.874. The number of carbonyl (C=O) groups excluding carboxylic acids is 3. The minimum Gasteiger partial charge on any atom is -0.462 e. The van der Waals surface area contributed by atoms with Gasteiger partial charge in [-0.3, -0.25) is 14.4 Å². The number of hydrogen-bond donors (Lipinski definition) is 0. The molecule has 0 aromatic carbocycles. The predicted octanol–water partition coefficient (Wildman–Crippen LogP) is 23.4. The van der Waals surface area contributed by atoms with Crippen LogP contribution in [0.25, 0.3) is 0 Å². The van der Waals surface area contributed by atoms with Crippen LogP contribution in [0.1, 0.15) is 342 Å². The molecule has 0 aliphatic carbocycles. The van der Waals surface area contributed by atoms with Gasteiger partial charge in [0, 0.05) is 19.3 Å². The quantitative estimate of drug-likeness (QED) is 0.0261. The van der Waals surface area contributed by atoms with Gasteiger partial charge in [0.05, 0.1) is 0 Å². The lowest BCUT2D eigenvalue weighted by atomic mass is 10.0. The van der Waals surface area contributed by atoms with Gasteiger partial charge in [-0.1, -0.05) is 311 Å². The van der Waals surface area contributed by atoms with E-state index < -0.39 is 6.10 Å². The summed E-state index contributed by atoms with van der Waals surface area (Å²) in [5.41, 5.74) is 0. The third-order valence-electron chi connectivity index (χ3n) is 14.9. The van der Waals surface area contributed by atoms with Crippen molar-refractivity contribution in [3.8, 4) is 0 Å². The van der Waals surface area contributed by atoms with E-state index in [1.54, 1.807) is 0 Å². The SMILES string of the molecule is CC/C=C\C/C=C\C/C=C\C/C=C\CCCCCCCCCCCCCCCCCCCCC(=O)OCC(COC(=O)CCCCCCCCC)OC(=O)CCCCCCCCCC/C=C\C/C=C\C/C=C\CCCCCCC. The molecule has 0 radical (unpaired) electrons. The summed E-state index contributed by atoms with van der Waals surface area (Å²) in [5, 5.41) is 0. The highest BCUT2D eigenvalue weighted by Crippen LogP contribution is 2.17. The Morgan fingerprint density at radius 1 is 0.266 bits per heavy atom. The molecule has 0 N–H and O–H groups in total. The van der Waals surface area contributed by atoms with Gasteiger partial charge in [-0.2, -0.15) is 0 Å². The zero-order chi connectivity index (χ0) is 57.1. The number of carbonyl (C=O) groups is 3. The lowest BCUT2D eigenvalue weighted by molar-refractivity contribution is -0.167. The first-order chi connectivity index (χ1) is 39.0. The van der Waals surface area contributed by atoms with Crippen LogP contribution in [0.3, 0.4) is 0 Å². The van der Waals surface area contributed by atoms with Crippen molar-refractivity contribution in [2.24, 2.45) is 0 Å². The first kappa shape index (κ1) is 75.6. The molecule has 0 aliphatic heterocycles. The van der Waals surface area contributed by atoms with Crippen molar-refractivity contribution in [2.45, 2.75) is 348 Å². The van der Waals surface area contributed by atoms with E-state index in [0.717, 1.165) is 103 Å². The summed E-state index contributed by atoms with van der Waals surface area (Å²) in [6.07, 6.45) is 89.2. The first-order valence-corrected chi connectivity index (χ1v) is 34.1.